The summed E-state index contributed by atoms with van der Waals surface area (Å²) in [5.41, 5.74) is 1.71. The summed E-state index contributed by atoms with van der Waals surface area (Å²) in [6, 6.07) is 0.948. The molecule has 2 unspecified atom stereocenters. The fourth-order valence-corrected chi connectivity index (χ4v) is 4.14. The summed E-state index contributed by atoms with van der Waals surface area (Å²) >= 11 is 0.672. The van der Waals surface area contributed by atoms with Gasteiger partial charge in [-0.3, -0.25) is 14.3 Å². The minimum atomic E-state index is -3.86. The van der Waals surface area contributed by atoms with Crippen molar-refractivity contribution in [2.45, 2.75) is 22.8 Å². The molecule has 120 valence electrons. The molecule has 1 rings (SSSR count). The quantitative estimate of drug-likeness (QED) is 0.347. The number of sulfonamides is 1. The SMILES string of the molecule is CC(CCNS(=O)(=O)c1cc([N+](=O)[O-])c(NN)s1)S(C)=O. The predicted molar refractivity (Wildman–Crippen MR) is 82.1 cm³/mol. The molecule has 0 bridgehead atoms. The van der Waals surface area contributed by atoms with E-state index in [4.69, 9.17) is 5.84 Å². The first kappa shape index (κ1) is 18.0. The molecule has 0 aliphatic carbocycles. The maximum atomic E-state index is 12.0. The van der Waals surface area contributed by atoms with E-state index in [-0.39, 0.29) is 21.0 Å². The highest BCUT2D eigenvalue weighted by molar-refractivity contribution is 7.91. The van der Waals surface area contributed by atoms with Gasteiger partial charge in [0.15, 0.2) is 5.00 Å². The third-order valence-corrected chi connectivity index (χ3v) is 7.05. The molecular formula is C9H16N4O5S3. The summed E-state index contributed by atoms with van der Waals surface area (Å²) in [6.45, 7) is 1.84. The molecule has 1 heterocycles. The molecule has 0 aromatic carbocycles. The molecule has 0 saturated heterocycles. The van der Waals surface area contributed by atoms with E-state index in [1.807, 2.05) is 0 Å². The van der Waals surface area contributed by atoms with Crippen molar-refractivity contribution in [3.05, 3.63) is 16.2 Å². The van der Waals surface area contributed by atoms with Crippen LogP contribution in [0.5, 0.6) is 0 Å². The zero-order valence-electron chi connectivity index (χ0n) is 11.4. The van der Waals surface area contributed by atoms with Crippen LogP contribution < -0.4 is 16.0 Å². The number of rotatable bonds is 8. The molecule has 1 aromatic rings. The third-order valence-electron chi connectivity index (χ3n) is 2.69. The van der Waals surface area contributed by atoms with E-state index in [9.17, 15) is 22.7 Å². The predicted octanol–water partition coefficient (Wildman–Crippen LogP) is 0.377. The fourth-order valence-electron chi connectivity index (χ4n) is 1.36. The topological polar surface area (TPSA) is 144 Å². The van der Waals surface area contributed by atoms with Crippen molar-refractivity contribution in [2.75, 3.05) is 18.2 Å². The lowest BCUT2D eigenvalue weighted by molar-refractivity contribution is -0.383. The number of thiophene rings is 1. The Balaban J connectivity index is 2.84. The Bertz CT molecular complexity index is 642. The van der Waals surface area contributed by atoms with Crippen LogP contribution in [0.4, 0.5) is 10.7 Å². The van der Waals surface area contributed by atoms with E-state index >= 15 is 0 Å². The highest BCUT2D eigenvalue weighted by Crippen LogP contribution is 2.36. The minimum absolute atomic E-state index is 0.0385. The first-order chi connectivity index (χ1) is 9.69. The summed E-state index contributed by atoms with van der Waals surface area (Å²) in [7, 11) is -4.90. The van der Waals surface area contributed by atoms with Crippen LogP contribution >= 0.6 is 11.3 Å². The Hall–Kier alpha value is -1.08. The van der Waals surface area contributed by atoms with E-state index in [1.54, 1.807) is 13.2 Å². The molecule has 9 nitrogen and oxygen atoms in total. The number of hydrazine groups is 1. The molecule has 12 heteroatoms. The van der Waals surface area contributed by atoms with Crippen LogP contribution in [0, 0.1) is 10.1 Å². The zero-order valence-corrected chi connectivity index (χ0v) is 13.8. The molecule has 1 aromatic heterocycles. The maximum Gasteiger partial charge on any atom is 0.306 e. The highest BCUT2D eigenvalue weighted by Gasteiger charge is 2.25. The largest absolute Gasteiger partial charge is 0.310 e. The van der Waals surface area contributed by atoms with Gasteiger partial charge in [-0.25, -0.2) is 19.0 Å². The fraction of sp³-hybridized carbons (Fsp3) is 0.556. The van der Waals surface area contributed by atoms with Crippen LogP contribution in [-0.2, 0) is 20.8 Å². The Labute approximate surface area is 128 Å². The molecule has 4 N–H and O–H groups in total. The van der Waals surface area contributed by atoms with E-state index in [0.717, 1.165) is 6.07 Å². The molecule has 0 aliphatic heterocycles. The molecule has 21 heavy (non-hydrogen) atoms. The second-order valence-corrected chi connectivity index (χ2v) is 9.02. The summed E-state index contributed by atoms with van der Waals surface area (Å²) in [6.07, 6.45) is 1.94. The van der Waals surface area contributed by atoms with Gasteiger partial charge in [0.2, 0.25) is 10.0 Å². The van der Waals surface area contributed by atoms with E-state index in [1.165, 1.54) is 0 Å². The van der Waals surface area contributed by atoms with Gasteiger partial charge in [-0.05, 0) is 6.42 Å². The average molecular weight is 356 g/mol. The van der Waals surface area contributed by atoms with E-state index in [0.29, 0.717) is 17.8 Å². The minimum Gasteiger partial charge on any atom is -0.310 e. The molecule has 0 aliphatic rings. The van der Waals surface area contributed by atoms with Gasteiger partial charge >= 0.3 is 5.69 Å². The second-order valence-electron chi connectivity index (χ2n) is 4.18. The normalized spacial score (nSPS) is 14.6. The van der Waals surface area contributed by atoms with Crippen LogP contribution in [0.1, 0.15) is 13.3 Å². The summed E-state index contributed by atoms with van der Waals surface area (Å²) < 4.78 is 37.3. The van der Waals surface area contributed by atoms with Crippen LogP contribution in [0.2, 0.25) is 0 Å². The van der Waals surface area contributed by atoms with Crippen molar-refractivity contribution in [2.24, 2.45) is 5.84 Å². The standard InChI is InChI=1S/C9H16N4O5S3/c1-6(20(2)16)3-4-11-21(17,18)8-5-7(13(14)15)9(12-10)19-8/h5-6,11-12H,3-4,10H2,1-2H3. The van der Waals surface area contributed by atoms with Gasteiger partial charge in [0, 0.05) is 34.9 Å². The Morgan fingerprint density at radius 3 is 2.62 bits per heavy atom. The lowest BCUT2D eigenvalue weighted by Gasteiger charge is -2.08. The summed E-state index contributed by atoms with van der Waals surface area (Å²) in [5, 5.41) is 10.6. The van der Waals surface area contributed by atoms with Gasteiger partial charge in [0.1, 0.15) is 4.21 Å². The smallest absolute Gasteiger partial charge is 0.306 e. The number of nitrogens with zero attached hydrogens (tertiary/aromatic N) is 1. The second kappa shape index (κ2) is 7.26. The molecule has 0 amide bonds. The van der Waals surface area contributed by atoms with Gasteiger partial charge in [0.05, 0.1) is 4.92 Å². The Morgan fingerprint density at radius 1 is 1.57 bits per heavy atom. The van der Waals surface area contributed by atoms with Gasteiger partial charge in [0.25, 0.3) is 0 Å². The van der Waals surface area contributed by atoms with Crippen molar-refractivity contribution < 1.29 is 17.6 Å². The van der Waals surface area contributed by atoms with Crippen LogP contribution in [0.15, 0.2) is 10.3 Å². The number of hydrogen-bond donors (Lipinski definition) is 3. The maximum absolute atomic E-state index is 12.0. The number of anilines is 1. The number of nitrogens with one attached hydrogen (secondary N) is 2. The lowest BCUT2D eigenvalue weighted by atomic mass is 10.3. The monoisotopic (exact) mass is 356 g/mol. The number of nitrogens with two attached hydrogens (primary N) is 1. The van der Waals surface area contributed by atoms with Gasteiger partial charge in [-0.2, -0.15) is 0 Å². The van der Waals surface area contributed by atoms with E-state index < -0.39 is 31.4 Å². The number of hydrogen-bond acceptors (Lipinski definition) is 8. The van der Waals surface area contributed by atoms with Crippen molar-refractivity contribution >= 4 is 42.8 Å². The third kappa shape index (κ3) is 4.71. The van der Waals surface area contributed by atoms with Crippen LogP contribution in [0.25, 0.3) is 0 Å². The molecule has 0 saturated carbocycles. The molecule has 0 fully saturated rings. The first-order valence-corrected chi connectivity index (χ1v) is 9.68. The number of nitrogen functional groups attached to an aromatic ring is 1. The van der Waals surface area contributed by atoms with Gasteiger partial charge in [-0.1, -0.05) is 18.3 Å². The Morgan fingerprint density at radius 2 is 2.19 bits per heavy atom. The molecule has 0 radical (unpaired) electrons. The summed E-state index contributed by atoms with van der Waals surface area (Å²) in [4.78, 5) is 10.1. The van der Waals surface area contributed by atoms with Gasteiger partial charge in [-0.15, -0.1) is 0 Å². The molecule has 2 atom stereocenters. The van der Waals surface area contributed by atoms with Crippen LogP contribution in [-0.4, -0.2) is 35.6 Å². The van der Waals surface area contributed by atoms with Crippen molar-refractivity contribution in [1.82, 2.24) is 4.72 Å². The van der Waals surface area contributed by atoms with Crippen molar-refractivity contribution in [3.8, 4) is 0 Å². The average Bonchev–Trinajstić information content (AvgIpc) is 2.83. The summed E-state index contributed by atoms with van der Waals surface area (Å²) in [5.74, 6) is 5.13. The lowest BCUT2D eigenvalue weighted by Crippen LogP contribution is -2.27. The van der Waals surface area contributed by atoms with Crippen molar-refractivity contribution in [1.29, 1.82) is 0 Å². The first-order valence-electron chi connectivity index (χ1n) is 5.75. The molecule has 0 spiro atoms. The Kier molecular flexibility index (Phi) is 6.22. The molecular weight excluding hydrogens is 340 g/mol. The van der Waals surface area contributed by atoms with Crippen molar-refractivity contribution in [3.63, 3.8) is 0 Å². The highest BCUT2D eigenvalue weighted by atomic mass is 32.2. The zero-order chi connectivity index (χ0) is 16.2. The number of nitro groups is 1. The van der Waals surface area contributed by atoms with Crippen LogP contribution in [0.3, 0.4) is 0 Å². The van der Waals surface area contributed by atoms with E-state index in [2.05, 4.69) is 10.1 Å². The van der Waals surface area contributed by atoms with Gasteiger partial charge < -0.3 is 5.43 Å².